The third-order valence-electron chi connectivity index (χ3n) is 7.90. The Bertz CT molecular complexity index is 2220. The number of nitrogens with zero attached hydrogens (tertiary/aromatic N) is 3. The van der Waals surface area contributed by atoms with Gasteiger partial charge in [-0.1, -0.05) is 12.1 Å². The van der Waals surface area contributed by atoms with Crippen molar-refractivity contribution in [3.8, 4) is 16.9 Å². The summed E-state index contributed by atoms with van der Waals surface area (Å²) in [6.07, 6.45) is 9.61. The van der Waals surface area contributed by atoms with Gasteiger partial charge in [0.15, 0.2) is 18.5 Å². The third kappa shape index (κ3) is 10.2. The molecule has 7 rings (SSSR count). The van der Waals surface area contributed by atoms with Crippen molar-refractivity contribution in [3.63, 3.8) is 0 Å². The Kier molecular flexibility index (Phi) is 11.3. The first kappa shape index (κ1) is 35.7. The second kappa shape index (κ2) is 16.2. The van der Waals surface area contributed by atoms with Crippen molar-refractivity contribution in [1.82, 2.24) is 19.9 Å². The minimum absolute atomic E-state index is 0.321. The number of pyridine rings is 1. The molecule has 1 aromatic carbocycles. The molecule has 258 valence electrons. The van der Waals surface area contributed by atoms with Gasteiger partial charge in [0.25, 0.3) is 0 Å². The highest BCUT2D eigenvalue weighted by atomic mass is 16.5. The predicted octanol–water partition coefficient (Wildman–Crippen LogP) is 5.63. The monoisotopic (exact) mass is 683 g/mol. The molecule has 0 saturated heterocycles. The lowest BCUT2D eigenvalue weighted by atomic mass is 10.0. The molecule has 0 fully saturated rings. The zero-order valence-corrected chi connectivity index (χ0v) is 28.6. The summed E-state index contributed by atoms with van der Waals surface area (Å²) in [4.78, 5) is 45.8. The number of carbonyl (C=O) groups is 3. The van der Waals surface area contributed by atoms with Gasteiger partial charge in [0.05, 0.1) is 22.8 Å². The van der Waals surface area contributed by atoms with Crippen molar-refractivity contribution in [3.05, 3.63) is 119 Å². The van der Waals surface area contributed by atoms with E-state index in [4.69, 9.17) is 9.84 Å². The number of carboxylic acid groups (broad SMARTS) is 2. The number of Topliss-reactive ketones (excluding diaryl/α,β-unsaturated/α-hetero) is 1. The van der Waals surface area contributed by atoms with Crippen LogP contribution in [-0.4, -0.2) is 49.4 Å². The maximum absolute atomic E-state index is 10.4. The maximum Gasteiger partial charge on any atom is 0.341 e. The number of aromatic nitrogens is 5. The lowest BCUT2D eigenvalue weighted by Gasteiger charge is -2.08. The van der Waals surface area contributed by atoms with Crippen molar-refractivity contribution >= 4 is 64.1 Å². The largest absolute Gasteiger partial charge is 0.550 e. The van der Waals surface area contributed by atoms with Gasteiger partial charge in [-0.3, -0.25) is 4.79 Å². The quantitative estimate of drug-likeness (QED) is 0.150. The summed E-state index contributed by atoms with van der Waals surface area (Å²) in [5.74, 6) is -2.10. The molecule has 0 saturated carbocycles. The van der Waals surface area contributed by atoms with Crippen LogP contribution in [-0.2, 0) is 21.4 Å². The molecule has 6 heterocycles. The van der Waals surface area contributed by atoms with Crippen LogP contribution in [0.3, 0.4) is 0 Å². The van der Waals surface area contributed by atoms with Gasteiger partial charge >= 0.3 is 5.97 Å². The fraction of sp³-hybridized carbons (Fsp3) is 0.150. The summed E-state index contributed by atoms with van der Waals surface area (Å²) in [7, 11) is 2.02. The van der Waals surface area contributed by atoms with Gasteiger partial charge in [-0.05, 0) is 110 Å². The van der Waals surface area contributed by atoms with Crippen LogP contribution in [0, 0.1) is 13.8 Å². The molecular weight excluding hydrogens is 646 g/mol. The van der Waals surface area contributed by atoms with Gasteiger partial charge in [0, 0.05) is 53.0 Å². The number of carbonyl (C=O) groups excluding carboxylic acids is 2. The highest BCUT2D eigenvalue weighted by Gasteiger charge is 2.11. The number of hydrogen-bond acceptors (Lipinski definition) is 7. The molecule has 5 aromatic rings. The topological polar surface area (TPSA) is 165 Å². The van der Waals surface area contributed by atoms with E-state index in [1.807, 2.05) is 67.9 Å². The number of aromatic amines is 2. The summed E-state index contributed by atoms with van der Waals surface area (Å²) in [6, 6.07) is 26.0. The van der Waals surface area contributed by atoms with Crippen molar-refractivity contribution in [1.29, 1.82) is 0 Å². The van der Waals surface area contributed by atoms with Crippen LogP contribution in [0.2, 0.25) is 0 Å². The molecular formula is C40H37N5O6. The molecule has 2 aliphatic heterocycles. The summed E-state index contributed by atoms with van der Waals surface area (Å²) < 4.78 is 7.21. The number of benzene rings is 1. The minimum Gasteiger partial charge on any atom is -0.550 e. The Morgan fingerprint density at radius 3 is 1.69 bits per heavy atom. The van der Waals surface area contributed by atoms with E-state index < -0.39 is 18.4 Å². The second-order valence-electron chi connectivity index (χ2n) is 11.9. The number of hydrogen-bond donors (Lipinski definition) is 3. The summed E-state index contributed by atoms with van der Waals surface area (Å²) in [5, 5.41) is 18.1. The van der Waals surface area contributed by atoms with E-state index in [9.17, 15) is 19.5 Å². The first-order valence-electron chi connectivity index (χ1n) is 16.1. The predicted molar refractivity (Wildman–Crippen MR) is 195 cm³/mol. The Hall–Kier alpha value is -6.62. The molecule has 0 amide bonds. The number of ether oxygens (including phenoxy) is 1. The number of nitrogens with one attached hydrogen (secondary N) is 2. The number of carboxylic acids is 2. The van der Waals surface area contributed by atoms with Crippen LogP contribution in [0.1, 0.15) is 47.4 Å². The van der Waals surface area contributed by atoms with Crippen LogP contribution >= 0.6 is 0 Å². The average molecular weight is 684 g/mol. The normalized spacial score (nSPS) is 11.1. The Morgan fingerprint density at radius 1 is 0.745 bits per heavy atom. The first-order valence-corrected chi connectivity index (χ1v) is 16.1. The molecule has 11 heteroatoms. The van der Waals surface area contributed by atoms with Gasteiger partial charge in [-0.15, -0.1) is 0 Å². The third-order valence-corrected chi connectivity index (χ3v) is 7.90. The van der Waals surface area contributed by atoms with E-state index in [2.05, 4.69) is 74.7 Å². The van der Waals surface area contributed by atoms with E-state index >= 15 is 0 Å². The van der Waals surface area contributed by atoms with Gasteiger partial charge in [0.1, 0.15) is 18.6 Å². The van der Waals surface area contributed by atoms with Crippen LogP contribution < -0.4 is 14.4 Å². The number of ketones is 1. The average Bonchev–Trinajstić information content (AvgIpc) is 3.90. The molecule has 11 nitrogen and oxygen atoms in total. The number of aryl methyl sites for hydroxylation is 1. The zero-order chi connectivity index (χ0) is 36.5. The molecule has 0 radical (unpaired) electrons. The molecule has 0 atom stereocenters. The molecule has 8 bridgehead atoms. The van der Waals surface area contributed by atoms with Crippen LogP contribution in [0.4, 0.5) is 0 Å². The van der Waals surface area contributed by atoms with E-state index in [1.54, 1.807) is 12.1 Å². The fourth-order valence-electron chi connectivity index (χ4n) is 5.22. The molecule has 0 spiro atoms. The van der Waals surface area contributed by atoms with Gasteiger partial charge in [0.2, 0.25) is 0 Å². The van der Waals surface area contributed by atoms with E-state index in [0.717, 1.165) is 50.4 Å². The van der Waals surface area contributed by atoms with E-state index in [-0.39, 0.29) is 12.4 Å². The summed E-state index contributed by atoms with van der Waals surface area (Å²) in [6.45, 7) is 5.07. The molecule has 4 aromatic heterocycles. The molecule has 0 unspecified atom stereocenters. The van der Waals surface area contributed by atoms with Crippen molar-refractivity contribution in [2.24, 2.45) is 7.05 Å². The summed E-state index contributed by atoms with van der Waals surface area (Å²) in [5.41, 5.74) is 12.6. The van der Waals surface area contributed by atoms with Crippen LogP contribution in [0.25, 0.3) is 57.5 Å². The SMILES string of the molecule is C1=Cc2cc3ccc(cc4ccc(cc5nc(cc1n2)C=C5)[nH]4)[nH]3.CC(=O)CC(=O)[O-].Cc1c(-c2ccc(OCC(=O)O)cc2)cc[n+](C)c1C. The van der Waals surface area contributed by atoms with Crippen molar-refractivity contribution in [2.75, 3.05) is 6.61 Å². The van der Waals surface area contributed by atoms with Gasteiger partial charge in [-0.25, -0.2) is 19.3 Å². The lowest BCUT2D eigenvalue weighted by Crippen LogP contribution is -2.32. The smallest absolute Gasteiger partial charge is 0.341 e. The first-order chi connectivity index (χ1) is 24.4. The fourth-order valence-corrected chi connectivity index (χ4v) is 5.22. The van der Waals surface area contributed by atoms with Crippen molar-refractivity contribution < 1.29 is 33.9 Å². The Balaban J connectivity index is 0.000000170. The van der Waals surface area contributed by atoms with Gasteiger partial charge < -0.3 is 29.7 Å². The van der Waals surface area contributed by atoms with Gasteiger partial charge in [-0.2, -0.15) is 0 Å². The van der Waals surface area contributed by atoms with Crippen LogP contribution in [0.5, 0.6) is 5.75 Å². The number of rotatable bonds is 6. The second-order valence-corrected chi connectivity index (χ2v) is 11.9. The highest BCUT2D eigenvalue weighted by molar-refractivity contribution is 5.92. The maximum atomic E-state index is 10.4. The van der Waals surface area contributed by atoms with E-state index in [1.165, 1.54) is 23.7 Å². The molecule has 2 aliphatic rings. The highest BCUT2D eigenvalue weighted by Crippen LogP contribution is 2.26. The number of fused-ring (bicyclic) bond motifs is 8. The lowest BCUT2D eigenvalue weighted by molar-refractivity contribution is -0.677. The number of aliphatic carboxylic acids is 2. The van der Waals surface area contributed by atoms with Crippen LogP contribution in [0.15, 0.2) is 85.1 Å². The van der Waals surface area contributed by atoms with E-state index in [0.29, 0.717) is 5.75 Å². The molecule has 3 N–H and O–H groups in total. The minimum atomic E-state index is -1.31. The zero-order valence-electron chi connectivity index (χ0n) is 28.6. The Labute approximate surface area is 294 Å². The van der Waals surface area contributed by atoms with Crippen molar-refractivity contribution in [2.45, 2.75) is 27.2 Å². The summed E-state index contributed by atoms with van der Waals surface area (Å²) >= 11 is 0. The molecule has 0 aliphatic carbocycles. The molecule has 51 heavy (non-hydrogen) atoms. The standard InChI is InChI=1S/C20H14N4.C16H17NO3.C4H6O3/c1-2-14-10-16-5-6-18(23-16)12-20-8-7-19(24-20)11-17-4-3-15(22-17)9-13(1)21-14;1-11-12(2)17(3)9-8-15(11)13-4-6-14(7-5-13)20-10-16(18)19;1-3(5)2-4(6)7/h1-12,21-22H;4-9H,10H2,1-3H3;2H2,1H3,(H,6,7). The Morgan fingerprint density at radius 2 is 1.24 bits per heavy atom. The number of H-pyrrole nitrogens is 2.